The summed E-state index contributed by atoms with van der Waals surface area (Å²) < 4.78 is 11.2. The second-order valence-electron chi connectivity index (χ2n) is 5.11. The highest BCUT2D eigenvalue weighted by molar-refractivity contribution is 5.86. The van der Waals surface area contributed by atoms with Gasteiger partial charge in [-0.1, -0.05) is 26.8 Å². The van der Waals surface area contributed by atoms with E-state index < -0.39 is 0 Å². The van der Waals surface area contributed by atoms with Gasteiger partial charge in [-0.2, -0.15) is 0 Å². The molecule has 0 radical (unpaired) electrons. The Morgan fingerprint density at radius 3 is 2.47 bits per heavy atom. The van der Waals surface area contributed by atoms with Crippen LogP contribution < -0.4 is 9.47 Å². The zero-order valence-electron chi connectivity index (χ0n) is 12.2. The topological polar surface area (TPSA) is 18.5 Å². The molecule has 0 fully saturated rings. The minimum atomic E-state index is 0.457. The van der Waals surface area contributed by atoms with Crippen molar-refractivity contribution in [1.82, 2.24) is 0 Å². The van der Waals surface area contributed by atoms with Crippen molar-refractivity contribution >= 4 is 10.8 Å². The van der Waals surface area contributed by atoms with Gasteiger partial charge in [0.2, 0.25) is 0 Å². The lowest BCUT2D eigenvalue weighted by atomic mass is 9.98. The molecule has 2 heteroatoms. The minimum absolute atomic E-state index is 0.457. The van der Waals surface area contributed by atoms with E-state index in [1.807, 2.05) is 6.07 Å². The van der Waals surface area contributed by atoms with Crippen LogP contribution >= 0.6 is 0 Å². The predicted octanol–water partition coefficient (Wildman–Crippen LogP) is 4.76. The van der Waals surface area contributed by atoms with E-state index >= 15 is 0 Å². The van der Waals surface area contributed by atoms with E-state index in [9.17, 15) is 0 Å². The van der Waals surface area contributed by atoms with Gasteiger partial charge in [0, 0.05) is 0 Å². The first-order chi connectivity index (χ1) is 9.15. The molecule has 0 aliphatic heterocycles. The zero-order chi connectivity index (χ0) is 13.8. The predicted molar refractivity (Wildman–Crippen MR) is 80.4 cm³/mol. The third kappa shape index (κ3) is 3.01. The van der Waals surface area contributed by atoms with Crippen molar-refractivity contribution in [3.05, 3.63) is 35.9 Å². The van der Waals surface area contributed by atoms with Crippen molar-refractivity contribution in [3.63, 3.8) is 0 Å². The molecule has 0 N–H and O–H groups in total. The van der Waals surface area contributed by atoms with Crippen LogP contribution in [0.2, 0.25) is 0 Å². The molecule has 0 atom stereocenters. The second-order valence-corrected chi connectivity index (χ2v) is 5.11. The van der Waals surface area contributed by atoms with Crippen LogP contribution in [-0.2, 0) is 0 Å². The molecule has 0 aliphatic rings. The van der Waals surface area contributed by atoms with Crippen LogP contribution in [0.25, 0.3) is 10.8 Å². The summed E-state index contributed by atoms with van der Waals surface area (Å²) in [5.41, 5.74) is 1.27. The molecule has 0 aliphatic carbocycles. The number of fused-ring (bicyclic) bond motifs is 1. The first-order valence-electron chi connectivity index (χ1n) is 6.90. The normalized spacial score (nSPS) is 11.0. The van der Waals surface area contributed by atoms with Gasteiger partial charge in [-0.05, 0) is 52.9 Å². The van der Waals surface area contributed by atoms with Crippen molar-refractivity contribution in [2.75, 3.05) is 13.7 Å². The summed E-state index contributed by atoms with van der Waals surface area (Å²) in [4.78, 5) is 0. The largest absolute Gasteiger partial charge is 0.497 e. The van der Waals surface area contributed by atoms with E-state index in [0.717, 1.165) is 29.9 Å². The van der Waals surface area contributed by atoms with Crippen molar-refractivity contribution < 1.29 is 9.47 Å². The number of ether oxygens (including phenoxy) is 2. The molecule has 0 bridgehead atoms. The highest BCUT2D eigenvalue weighted by Crippen LogP contribution is 2.33. The van der Waals surface area contributed by atoms with Crippen molar-refractivity contribution in [2.24, 2.45) is 0 Å². The fraction of sp³-hybridized carbons (Fsp3) is 0.412. The van der Waals surface area contributed by atoms with E-state index in [1.165, 1.54) is 10.9 Å². The summed E-state index contributed by atoms with van der Waals surface area (Å²) in [5, 5.41) is 2.39. The molecule has 0 amide bonds. The molecule has 102 valence electrons. The second kappa shape index (κ2) is 5.96. The van der Waals surface area contributed by atoms with E-state index in [0.29, 0.717) is 5.92 Å². The molecule has 2 aromatic rings. The summed E-state index contributed by atoms with van der Waals surface area (Å²) in [5.74, 6) is 2.34. The van der Waals surface area contributed by atoms with Gasteiger partial charge in [0.05, 0.1) is 13.7 Å². The molecule has 0 saturated carbocycles. The number of rotatable bonds is 5. The van der Waals surface area contributed by atoms with Gasteiger partial charge < -0.3 is 9.47 Å². The van der Waals surface area contributed by atoms with Crippen LogP contribution in [0.1, 0.15) is 38.7 Å². The Labute approximate surface area is 115 Å². The summed E-state index contributed by atoms with van der Waals surface area (Å²) >= 11 is 0. The molecule has 0 spiro atoms. The average Bonchev–Trinajstić information content (AvgIpc) is 2.43. The van der Waals surface area contributed by atoms with E-state index in [-0.39, 0.29) is 0 Å². The Kier molecular flexibility index (Phi) is 4.31. The highest BCUT2D eigenvalue weighted by Gasteiger charge is 2.10. The van der Waals surface area contributed by atoms with Crippen LogP contribution in [0.5, 0.6) is 11.5 Å². The van der Waals surface area contributed by atoms with Crippen LogP contribution in [0.4, 0.5) is 0 Å². The van der Waals surface area contributed by atoms with Crippen LogP contribution in [0.15, 0.2) is 30.3 Å². The van der Waals surface area contributed by atoms with Crippen molar-refractivity contribution in [3.8, 4) is 11.5 Å². The molecule has 2 nitrogen and oxygen atoms in total. The van der Waals surface area contributed by atoms with Gasteiger partial charge in [-0.15, -0.1) is 0 Å². The molecule has 0 saturated heterocycles. The Bertz CT molecular complexity index is 558. The van der Waals surface area contributed by atoms with Gasteiger partial charge in [0.25, 0.3) is 0 Å². The third-order valence-electron chi connectivity index (χ3n) is 3.26. The van der Waals surface area contributed by atoms with Gasteiger partial charge in [-0.25, -0.2) is 0 Å². The lowest BCUT2D eigenvalue weighted by molar-refractivity contribution is 0.313. The fourth-order valence-corrected chi connectivity index (χ4v) is 2.19. The van der Waals surface area contributed by atoms with Gasteiger partial charge in [0.15, 0.2) is 0 Å². The van der Waals surface area contributed by atoms with E-state index in [2.05, 4.69) is 45.0 Å². The third-order valence-corrected chi connectivity index (χ3v) is 3.26. The summed E-state index contributed by atoms with van der Waals surface area (Å²) in [6, 6.07) is 10.5. The number of benzene rings is 2. The quantitative estimate of drug-likeness (QED) is 0.769. The van der Waals surface area contributed by atoms with E-state index in [4.69, 9.17) is 9.47 Å². The first-order valence-corrected chi connectivity index (χ1v) is 6.90. The number of hydrogen-bond acceptors (Lipinski definition) is 2. The standard InChI is InChI=1S/C17H22O2/c1-5-8-19-17-11-14-9-15(18-4)7-6-13(14)10-16(17)12(2)3/h6-7,9-12H,5,8H2,1-4H3. The molecule has 19 heavy (non-hydrogen) atoms. The smallest absolute Gasteiger partial charge is 0.123 e. The number of methoxy groups -OCH3 is 1. The molecular formula is C17H22O2. The molecule has 0 aromatic heterocycles. The lowest BCUT2D eigenvalue weighted by Crippen LogP contribution is -2.00. The first kappa shape index (κ1) is 13.7. The lowest BCUT2D eigenvalue weighted by Gasteiger charge is -2.15. The monoisotopic (exact) mass is 258 g/mol. The maximum Gasteiger partial charge on any atom is 0.123 e. The molecule has 0 unspecified atom stereocenters. The SMILES string of the molecule is CCCOc1cc2cc(OC)ccc2cc1C(C)C. The summed E-state index contributed by atoms with van der Waals surface area (Å²) in [6.45, 7) is 7.28. The van der Waals surface area contributed by atoms with Crippen LogP contribution in [0, 0.1) is 0 Å². The number of hydrogen-bond donors (Lipinski definition) is 0. The highest BCUT2D eigenvalue weighted by atomic mass is 16.5. The Balaban J connectivity index is 2.52. The minimum Gasteiger partial charge on any atom is -0.497 e. The van der Waals surface area contributed by atoms with Crippen LogP contribution in [0.3, 0.4) is 0 Å². The van der Waals surface area contributed by atoms with E-state index in [1.54, 1.807) is 7.11 Å². The van der Waals surface area contributed by atoms with Gasteiger partial charge >= 0.3 is 0 Å². The maximum absolute atomic E-state index is 5.89. The van der Waals surface area contributed by atoms with Crippen LogP contribution in [-0.4, -0.2) is 13.7 Å². The Morgan fingerprint density at radius 1 is 1.05 bits per heavy atom. The van der Waals surface area contributed by atoms with Crippen molar-refractivity contribution in [2.45, 2.75) is 33.1 Å². The van der Waals surface area contributed by atoms with Gasteiger partial charge in [-0.3, -0.25) is 0 Å². The molecular weight excluding hydrogens is 236 g/mol. The maximum atomic E-state index is 5.89. The molecule has 2 aromatic carbocycles. The Morgan fingerprint density at radius 2 is 1.84 bits per heavy atom. The average molecular weight is 258 g/mol. The fourth-order valence-electron chi connectivity index (χ4n) is 2.19. The summed E-state index contributed by atoms with van der Waals surface area (Å²) in [7, 11) is 1.69. The Hall–Kier alpha value is -1.70. The zero-order valence-corrected chi connectivity index (χ0v) is 12.2. The molecule has 0 heterocycles. The summed E-state index contributed by atoms with van der Waals surface area (Å²) in [6.07, 6.45) is 1.02. The van der Waals surface area contributed by atoms with Crippen molar-refractivity contribution in [1.29, 1.82) is 0 Å². The molecule has 2 rings (SSSR count). The van der Waals surface area contributed by atoms with Gasteiger partial charge in [0.1, 0.15) is 11.5 Å².